The number of nitrogens with zero attached hydrogens (tertiary/aromatic N) is 1. The summed E-state index contributed by atoms with van der Waals surface area (Å²) >= 11 is 0. The van der Waals surface area contributed by atoms with E-state index in [1.807, 2.05) is 24.3 Å². The van der Waals surface area contributed by atoms with E-state index in [1.165, 1.54) is 44.9 Å². The van der Waals surface area contributed by atoms with E-state index < -0.39 is 0 Å². The van der Waals surface area contributed by atoms with Crippen molar-refractivity contribution in [3.05, 3.63) is 29.8 Å². The van der Waals surface area contributed by atoms with Crippen LogP contribution in [0.25, 0.3) is 0 Å². The van der Waals surface area contributed by atoms with Crippen LogP contribution >= 0.6 is 0 Å². The quantitative estimate of drug-likeness (QED) is 0.866. The summed E-state index contributed by atoms with van der Waals surface area (Å²) in [7, 11) is 0. The predicted octanol–water partition coefficient (Wildman–Crippen LogP) is 3.38. The van der Waals surface area contributed by atoms with Gasteiger partial charge < -0.3 is 10.6 Å². The number of rotatable bonds is 3. The second-order valence-corrected chi connectivity index (χ2v) is 6.61. The lowest BCUT2D eigenvalue weighted by Gasteiger charge is -2.34. The molecule has 1 saturated carbocycles. The molecule has 1 unspecified atom stereocenters. The minimum absolute atomic E-state index is 0.299. The van der Waals surface area contributed by atoms with Gasteiger partial charge >= 0.3 is 0 Å². The second-order valence-electron chi connectivity index (χ2n) is 6.61. The van der Waals surface area contributed by atoms with Crippen molar-refractivity contribution >= 4 is 11.6 Å². The van der Waals surface area contributed by atoms with Gasteiger partial charge in [-0.2, -0.15) is 0 Å². The Kier molecular flexibility index (Phi) is 4.47. The van der Waals surface area contributed by atoms with Crippen LogP contribution in [0.4, 0.5) is 5.69 Å². The molecule has 1 amide bonds. The maximum Gasteiger partial charge on any atom is 0.227 e. The summed E-state index contributed by atoms with van der Waals surface area (Å²) in [5.74, 6) is 1.05. The van der Waals surface area contributed by atoms with E-state index >= 15 is 0 Å². The third kappa shape index (κ3) is 3.39. The summed E-state index contributed by atoms with van der Waals surface area (Å²) in [6, 6.07) is 8.21. The predicted molar refractivity (Wildman–Crippen MR) is 85.9 cm³/mol. The first-order valence-corrected chi connectivity index (χ1v) is 8.38. The Morgan fingerprint density at radius 1 is 1.05 bits per heavy atom. The van der Waals surface area contributed by atoms with Gasteiger partial charge in [-0.1, -0.05) is 31.4 Å². The van der Waals surface area contributed by atoms with Gasteiger partial charge in [0, 0.05) is 18.3 Å². The lowest BCUT2D eigenvalue weighted by molar-refractivity contribution is -0.132. The van der Waals surface area contributed by atoms with E-state index in [0.29, 0.717) is 18.4 Å². The number of likely N-dealkylation sites (tertiary alicyclic amines) is 1. The largest absolute Gasteiger partial charge is 0.399 e. The highest BCUT2D eigenvalue weighted by atomic mass is 16.2. The zero-order valence-electron chi connectivity index (χ0n) is 12.8. The van der Waals surface area contributed by atoms with Gasteiger partial charge in [0.15, 0.2) is 0 Å². The van der Waals surface area contributed by atoms with Gasteiger partial charge in [-0.15, -0.1) is 0 Å². The van der Waals surface area contributed by atoms with Gasteiger partial charge in [-0.3, -0.25) is 4.79 Å². The van der Waals surface area contributed by atoms with E-state index in [4.69, 9.17) is 5.73 Å². The zero-order chi connectivity index (χ0) is 14.7. The summed E-state index contributed by atoms with van der Waals surface area (Å²) < 4.78 is 0. The molecule has 3 rings (SSSR count). The Labute approximate surface area is 127 Å². The first kappa shape index (κ1) is 14.4. The van der Waals surface area contributed by atoms with Crippen LogP contribution in [0.2, 0.25) is 0 Å². The Morgan fingerprint density at radius 2 is 1.76 bits per heavy atom. The van der Waals surface area contributed by atoms with Crippen LogP contribution < -0.4 is 5.73 Å². The number of carbonyl (C=O) groups excluding carboxylic acids is 1. The SMILES string of the molecule is Nc1ccc(CC(=O)N2CCCC2C2CCCCC2)cc1. The van der Waals surface area contributed by atoms with Crippen LogP contribution in [0.3, 0.4) is 0 Å². The first-order valence-electron chi connectivity index (χ1n) is 8.38. The normalized spacial score (nSPS) is 23.4. The molecular weight excluding hydrogens is 260 g/mol. The molecule has 2 aliphatic rings. The van der Waals surface area contributed by atoms with E-state index in [9.17, 15) is 4.79 Å². The van der Waals surface area contributed by atoms with Crippen LogP contribution in [0.5, 0.6) is 0 Å². The standard InChI is InChI=1S/C18H26N2O/c19-16-10-8-14(9-11-16)13-18(21)20-12-4-7-17(20)15-5-2-1-3-6-15/h8-11,15,17H,1-7,12-13,19H2. The molecule has 114 valence electrons. The van der Waals surface area contributed by atoms with Gasteiger partial charge in [0.25, 0.3) is 0 Å². The Morgan fingerprint density at radius 3 is 2.48 bits per heavy atom. The molecule has 0 bridgehead atoms. The Balaban J connectivity index is 1.63. The number of amides is 1. The average Bonchev–Trinajstić information content (AvgIpc) is 3.00. The lowest BCUT2D eigenvalue weighted by atomic mass is 9.83. The molecule has 0 aromatic heterocycles. The fourth-order valence-electron chi connectivity index (χ4n) is 4.02. The monoisotopic (exact) mass is 286 g/mol. The van der Waals surface area contributed by atoms with Crippen molar-refractivity contribution in [1.29, 1.82) is 0 Å². The summed E-state index contributed by atoms with van der Waals surface area (Å²) in [5, 5.41) is 0. The van der Waals surface area contributed by atoms with Gasteiger partial charge in [0.1, 0.15) is 0 Å². The Bertz CT molecular complexity index is 476. The van der Waals surface area contributed by atoms with Crippen molar-refractivity contribution in [3.63, 3.8) is 0 Å². The highest BCUT2D eigenvalue weighted by Crippen LogP contribution is 2.34. The van der Waals surface area contributed by atoms with Crippen molar-refractivity contribution < 1.29 is 4.79 Å². The molecule has 2 N–H and O–H groups in total. The van der Waals surface area contributed by atoms with Crippen LogP contribution in [0.15, 0.2) is 24.3 Å². The number of hydrogen-bond acceptors (Lipinski definition) is 2. The molecule has 0 spiro atoms. The van der Waals surface area contributed by atoms with E-state index in [1.54, 1.807) is 0 Å². The van der Waals surface area contributed by atoms with Crippen LogP contribution in [0, 0.1) is 5.92 Å². The van der Waals surface area contributed by atoms with Crippen molar-refractivity contribution in [1.82, 2.24) is 4.90 Å². The number of nitrogens with two attached hydrogens (primary N) is 1. The molecule has 21 heavy (non-hydrogen) atoms. The average molecular weight is 286 g/mol. The molecule has 1 aromatic carbocycles. The molecule has 1 heterocycles. The van der Waals surface area contributed by atoms with E-state index in [-0.39, 0.29) is 0 Å². The van der Waals surface area contributed by atoms with Gasteiger partial charge in [0.05, 0.1) is 6.42 Å². The molecule has 2 fully saturated rings. The lowest BCUT2D eigenvalue weighted by Crippen LogP contribution is -2.41. The summed E-state index contributed by atoms with van der Waals surface area (Å²) in [6.45, 7) is 0.953. The highest BCUT2D eigenvalue weighted by molar-refractivity contribution is 5.79. The highest BCUT2D eigenvalue weighted by Gasteiger charge is 2.34. The fourth-order valence-corrected chi connectivity index (χ4v) is 4.02. The molecule has 1 saturated heterocycles. The molecule has 1 aliphatic heterocycles. The minimum Gasteiger partial charge on any atom is -0.399 e. The molecule has 1 aromatic rings. The Hall–Kier alpha value is -1.51. The molecule has 1 atom stereocenters. The molecule has 3 nitrogen and oxygen atoms in total. The third-order valence-electron chi connectivity index (χ3n) is 5.15. The summed E-state index contributed by atoms with van der Waals surface area (Å²) in [5.41, 5.74) is 7.53. The number of anilines is 1. The first-order chi connectivity index (χ1) is 10.2. The van der Waals surface area contributed by atoms with Crippen LogP contribution in [-0.2, 0) is 11.2 Å². The minimum atomic E-state index is 0.299. The van der Waals surface area contributed by atoms with Gasteiger partial charge in [-0.25, -0.2) is 0 Å². The summed E-state index contributed by atoms with van der Waals surface area (Å²) in [4.78, 5) is 14.8. The maximum atomic E-state index is 12.6. The van der Waals surface area contributed by atoms with Crippen LogP contribution in [0.1, 0.15) is 50.5 Å². The fraction of sp³-hybridized carbons (Fsp3) is 0.611. The number of nitrogen functional groups attached to an aromatic ring is 1. The van der Waals surface area contributed by atoms with Crippen molar-refractivity contribution in [2.75, 3.05) is 12.3 Å². The van der Waals surface area contributed by atoms with Gasteiger partial charge in [-0.05, 0) is 49.3 Å². The molecular formula is C18H26N2O. The van der Waals surface area contributed by atoms with E-state index in [0.717, 1.165) is 23.7 Å². The smallest absolute Gasteiger partial charge is 0.227 e. The molecule has 3 heteroatoms. The zero-order valence-corrected chi connectivity index (χ0v) is 12.8. The van der Waals surface area contributed by atoms with E-state index in [2.05, 4.69) is 4.90 Å². The van der Waals surface area contributed by atoms with Gasteiger partial charge in [0.2, 0.25) is 5.91 Å². The molecule has 1 aliphatic carbocycles. The topological polar surface area (TPSA) is 46.3 Å². The number of hydrogen-bond donors (Lipinski definition) is 1. The van der Waals surface area contributed by atoms with Crippen molar-refractivity contribution in [3.8, 4) is 0 Å². The van der Waals surface area contributed by atoms with Crippen molar-refractivity contribution in [2.45, 2.75) is 57.4 Å². The number of carbonyl (C=O) groups is 1. The maximum absolute atomic E-state index is 12.6. The third-order valence-corrected chi connectivity index (χ3v) is 5.15. The van der Waals surface area contributed by atoms with Crippen LogP contribution in [-0.4, -0.2) is 23.4 Å². The molecule has 0 radical (unpaired) electrons. The van der Waals surface area contributed by atoms with Crippen molar-refractivity contribution in [2.24, 2.45) is 5.92 Å². The number of benzene rings is 1. The summed E-state index contributed by atoms with van der Waals surface area (Å²) in [6.07, 6.45) is 9.61. The second kappa shape index (κ2) is 6.50.